The molecule has 2 aromatic rings. The molecule has 2 rings (SSSR count). The van der Waals surface area contributed by atoms with Crippen molar-refractivity contribution in [2.75, 3.05) is 13.7 Å². The van der Waals surface area contributed by atoms with Crippen LogP contribution in [0.3, 0.4) is 0 Å². The maximum absolute atomic E-state index is 12.3. The predicted molar refractivity (Wildman–Crippen MR) is 95.6 cm³/mol. The zero-order valence-electron chi connectivity index (χ0n) is 14.2. The van der Waals surface area contributed by atoms with Crippen molar-refractivity contribution >= 4 is 23.2 Å². The Bertz CT molecular complexity index is 724. The maximum Gasteiger partial charge on any atom is 0.303 e. The van der Waals surface area contributed by atoms with Crippen LogP contribution in [-0.4, -0.2) is 30.7 Å². The van der Waals surface area contributed by atoms with Gasteiger partial charge >= 0.3 is 5.97 Å². The first kappa shape index (κ1) is 18.8. The lowest BCUT2D eigenvalue weighted by Crippen LogP contribution is -2.22. The van der Waals surface area contributed by atoms with Crippen molar-refractivity contribution in [2.45, 2.75) is 26.3 Å². The number of carbonyl (C=O) groups is 2. The Morgan fingerprint density at radius 1 is 1.24 bits per heavy atom. The SMILES string of the molecule is COc1cc(C)sc1C(=O)NCc1ccc(OCCCC(=O)O)cc1. The highest BCUT2D eigenvalue weighted by Gasteiger charge is 2.15. The van der Waals surface area contributed by atoms with Crippen molar-refractivity contribution in [2.24, 2.45) is 0 Å². The molecule has 0 fully saturated rings. The van der Waals surface area contributed by atoms with E-state index in [-0.39, 0.29) is 12.3 Å². The molecule has 1 heterocycles. The van der Waals surface area contributed by atoms with Gasteiger partial charge in [0.25, 0.3) is 5.91 Å². The van der Waals surface area contributed by atoms with E-state index in [1.54, 1.807) is 19.2 Å². The van der Waals surface area contributed by atoms with Crippen molar-refractivity contribution in [3.05, 3.63) is 45.6 Å². The van der Waals surface area contributed by atoms with E-state index in [1.165, 1.54) is 11.3 Å². The molecule has 1 amide bonds. The lowest BCUT2D eigenvalue weighted by Gasteiger charge is -2.08. The largest absolute Gasteiger partial charge is 0.495 e. The molecule has 2 N–H and O–H groups in total. The fourth-order valence-electron chi connectivity index (χ4n) is 2.18. The van der Waals surface area contributed by atoms with E-state index >= 15 is 0 Å². The molecule has 6 nitrogen and oxygen atoms in total. The first-order chi connectivity index (χ1) is 12.0. The Morgan fingerprint density at radius 3 is 2.60 bits per heavy atom. The van der Waals surface area contributed by atoms with Gasteiger partial charge in [-0.2, -0.15) is 0 Å². The molecule has 1 aromatic carbocycles. The number of aliphatic carboxylic acids is 1. The average molecular weight is 363 g/mol. The third-order valence-corrected chi connectivity index (χ3v) is 4.46. The Balaban J connectivity index is 1.82. The van der Waals surface area contributed by atoms with Gasteiger partial charge in [-0.05, 0) is 37.1 Å². The molecule has 0 saturated carbocycles. The summed E-state index contributed by atoms with van der Waals surface area (Å²) >= 11 is 1.40. The first-order valence-electron chi connectivity index (χ1n) is 7.85. The Labute approximate surface area is 150 Å². The molecular weight excluding hydrogens is 342 g/mol. The number of hydrogen-bond donors (Lipinski definition) is 2. The lowest BCUT2D eigenvalue weighted by atomic mass is 10.2. The van der Waals surface area contributed by atoms with Crippen molar-refractivity contribution in [1.82, 2.24) is 5.32 Å². The molecule has 0 bridgehead atoms. The molecule has 0 atom stereocenters. The van der Waals surface area contributed by atoms with Gasteiger partial charge in [0.1, 0.15) is 16.4 Å². The van der Waals surface area contributed by atoms with Gasteiger partial charge < -0.3 is 19.9 Å². The lowest BCUT2D eigenvalue weighted by molar-refractivity contribution is -0.137. The molecule has 0 aliphatic rings. The zero-order valence-corrected chi connectivity index (χ0v) is 15.0. The summed E-state index contributed by atoms with van der Waals surface area (Å²) in [5.41, 5.74) is 0.943. The first-order valence-corrected chi connectivity index (χ1v) is 8.67. The van der Waals surface area contributed by atoms with Crippen LogP contribution in [0.2, 0.25) is 0 Å². The highest BCUT2D eigenvalue weighted by Crippen LogP contribution is 2.28. The average Bonchev–Trinajstić information content (AvgIpc) is 2.98. The number of carbonyl (C=O) groups excluding carboxylic acids is 1. The number of nitrogens with one attached hydrogen (secondary N) is 1. The summed E-state index contributed by atoms with van der Waals surface area (Å²) in [7, 11) is 1.55. The second-order valence-electron chi connectivity index (χ2n) is 5.43. The minimum Gasteiger partial charge on any atom is -0.495 e. The van der Waals surface area contributed by atoms with Crippen molar-refractivity contribution in [3.63, 3.8) is 0 Å². The number of benzene rings is 1. The maximum atomic E-state index is 12.3. The predicted octanol–water partition coefficient (Wildman–Crippen LogP) is 3.24. The van der Waals surface area contributed by atoms with Gasteiger partial charge in [0.05, 0.1) is 13.7 Å². The summed E-state index contributed by atoms with van der Waals surface area (Å²) in [6.45, 7) is 2.69. The second-order valence-corrected chi connectivity index (χ2v) is 6.68. The van der Waals surface area contributed by atoms with Gasteiger partial charge in [0.2, 0.25) is 0 Å². The number of hydrogen-bond acceptors (Lipinski definition) is 5. The summed E-state index contributed by atoms with van der Waals surface area (Å²) in [5.74, 6) is 0.275. The van der Waals surface area contributed by atoms with Crippen LogP contribution in [0, 0.1) is 6.92 Å². The second kappa shape index (κ2) is 9.08. The smallest absolute Gasteiger partial charge is 0.303 e. The fourth-order valence-corrected chi connectivity index (χ4v) is 3.08. The van der Waals surface area contributed by atoms with Crippen molar-refractivity contribution < 1.29 is 24.2 Å². The van der Waals surface area contributed by atoms with Crippen LogP contribution in [-0.2, 0) is 11.3 Å². The van der Waals surface area contributed by atoms with Gasteiger partial charge in [0, 0.05) is 17.8 Å². The van der Waals surface area contributed by atoms with Gasteiger partial charge in [-0.15, -0.1) is 11.3 Å². The van der Waals surface area contributed by atoms with Gasteiger partial charge in [-0.25, -0.2) is 0 Å². The number of amides is 1. The summed E-state index contributed by atoms with van der Waals surface area (Å²) in [4.78, 5) is 24.3. The molecule has 0 unspecified atom stereocenters. The number of carboxylic acids is 1. The van der Waals surface area contributed by atoms with Crippen molar-refractivity contribution in [3.8, 4) is 11.5 Å². The monoisotopic (exact) mass is 363 g/mol. The van der Waals surface area contributed by atoms with E-state index < -0.39 is 5.97 Å². The van der Waals surface area contributed by atoms with Crippen LogP contribution in [0.1, 0.15) is 33.0 Å². The highest BCUT2D eigenvalue weighted by molar-refractivity contribution is 7.14. The molecule has 0 spiro atoms. The quantitative estimate of drug-likeness (QED) is 0.668. The van der Waals surface area contributed by atoms with E-state index in [4.69, 9.17) is 14.6 Å². The highest BCUT2D eigenvalue weighted by atomic mass is 32.1. The number of thiophene rings is 1. The van der Waals surface area contributed by atoms with E-state index in [2.05, 4.69) is 5.32 Å². The Morgan fingerprint density at radius 2 is 1.96 bits per heavy atom. The molecule has 0 saturated heterocycles. The minimum atomic E-state index is -0.827. The van der Waals surface area contributed by atoms with E-state index in [9.17, 15) is 9.59 Å². The van der Waals surface area contributed by atoms with Gasteiger partial charge in [0.15, 0.2) is 0 Å². The van der Waals surface area contributed by atoms with Gasteiger partial charge in [-0.1, -0.05) is 12.1 Å². The van der Waals surface area contributed by atoms with Crippen LogP contribution >= 0.6 is 11.3 Å². The normalized spacial score (nSPS) is 10.3. The Hall–Kier alpha value is -2.54. The zero-order chi connectivity index (χ0) is 18.2. The molecule has 134 valence electrons. The minimum absolute atomic E-state index is 0.0930. The van der Waals surface area contributed by atoms with Crippen LogP contribution in [0.5, 0.6) is 11.5 Å². The molecule has 0 aliphatic carbocycles. The number of methoxy groups -OCH3 is 1. The molecule has 7 heteroatoms. The summed E-state index contributed by atoms with van der Waals surface area (Å²) in [6.07, 6.45) is 0.560. The third kappa shape index (κ3) is 5.79. The molecule has 0 radical (unpaired) electrons. The van der Waals surface area contributed by atoms with Crippen LogP contribution in [0.15, 0.2) is 30.3 Å². The van der Waals surface area contributed by atoms with Crippen LogP contribution in [0.25, 0.3) is 0 Å². The number of carboxylic acid groups (broad SMARTS) is 1. The van der Waals surface area contributed by atoms with Gasteiger partial charge in [-0.3, -0.25) is 9.59 Å². The van der Waals surface area contributed by atoms with E-state index in [1.807, 2.05) is 25.1 Å². The summed E-state index contributed by atoms with van der Waals surface area (Å²) in [6, 6.07) is 9.18. The topological polar surface area (TPSA) is 84.9 Å². The Kier molecular flexibility index (Phi) is 6.82. The fraction of sp³-hybridized carbons (Fsp3) is 0.333. The van der Waals surface area contributed by atoms with Crippen LogP contribution < -0.4 is 14.8 Å². The summed E-state index contributed by atoms with van der Waals surface area (Å²) in [5, 5.41) is 11.4. The van der Waals surface area contributed by atoms with E-state index in [0.29, 0.717) is 35.9 Å². The molecular formula is C18H21NO5S. The van der Waals surface area contributed by atoms with E-state index in [0.717, 1.165) is 10.4 Å². The standard InChI is InChI=1S/C18H21NO5S/c1-12-10-15(23-2)17(25-12)18(22)19-11-13-5-7-14(8-6-13)24-9-3-4-16(20)21/h5-8,10H,3-4,9,11H2,1-2H3,(H,19,22)(H,20,21). The molecule has 0 aliphatic heterocycles. The molecule has 25 heavy (non-hydrogen) atoms. The summed E-state index contributed by atoms with van der Waals surface area (Å²) < 4.78 is 10.7. The molecule has 1 aromatic heterocycles. The number of rotatable bonds is 9. The van der Waals surface area contributed by atoms with Crippen LogP contribution in [0.4, 0.5) is 0 Å². The third-order valence-electron chi connectivity index (χ3n) is 3.43. The number of aryl methyl sites for hydroxylation is 1. The van der Waals surface area contributed by atoms with Crippen molar-refractivity contribution in [1.29, 1.82) is 0 Å². The number of ether oxygens (including phenoxy) is 2.